The van der Waals surface area contributed by atoms with Crippen LogP contribution in [0.25, 0.3) is 11.4 Å². The van der Waals surface area contributed by atoms with Crippen LogP contribution in [-0.4, -0.2) is 30.6 Å². The van der Waals surface area contributed by atoms with E-state index in [4.69, 9.17) is 32.5 Å². The minimum atomic E-state index is -3.88. The van der Waals surface area contributed by atoms with E-state index in [1.54, 1.807) is 0 Å². The van der Waals surface area contributed by atoms with Crippen molar-refractivity contribution in [2.75, 3.05) is 0 Å². The normalized spacial score (nSPS) is 13.9. The first-order chi connectivity index (χ1) is 14.3. The molecule has 2 aromatic carbocycles. The predicted octanol–water partition coefficient (Wildman–Crippen LogP) is 3.84. The van der Waals surface area contributed by atoms with E-state index in [0.717, 1.165) is 24.5 Å². The van der Waals surface area contributed by atoms with Gasteiger partial charge >= 0.3 is 5.97 Å². The summed E-state index contributed by atoms with van der Waals surface area (Å²) in [5.41, 5.74) is 0.609. The number of carbonyl (C=O) groups excluding carboxylic acids is 1. The Morgan fingerprint density at radius 2 is 1.90 bits per heavy atom. The fourth-order valence-corrected chi connectivity index (χ4v) is 4.75. The maximum atomic E-state index is 12.5. The Kier molecular flexibility index (Phi) is 5.79. The van der Waals surface area contributed by atoms with Crippen molar-refractivity contribution in [1.82, 2.24) is 14.9 Å². The number of esters is 1. The molecule has 4 rings (SSSR count). The molecule has 1 aliphatic carbocycles. The largest absolute Gasteiger partial charge is 0.452 e. The molecule has 0 saturated heterocycles. The number of hydrogen-bond acceptors (Lipinski definition) is 7. The van der Waals surface area contributed by atoms with Crippen molar-refractivity contribution in [3.05, 3.63) is 64.0 Å². The highest BCUT2D eigenvalue weighted by atomic mass is 35.5. The molecule has 0 unspecified atom stereocenters. The molecule has 11 heteroatoms. The number of hydrogen-bond donors (Lipinski definition) is 1. The summed E-state index contributed by atoms with van der Waals surface area (Å²) in [6.07, 6.45) is 1.52. The van der Waals surface area contributed by atoms with Crippen LogP contribution >= 0.6 is 23.2 Å². The van der Waals surface area contributed by atoms with Crippen LogP contribution in [-0.2, 0) is 21.4 Å². The number of halogens is 2. The minimum absolute atomic E-state index is 0.0362. The number of sulfonamides is 1. The van der Waals surface area contributed by atoms with Gasteiger partial charge < -0.3 is 9.26 Å². The van der Waals surface area contributed by atoms with Crippen molar-refractivity contribution >= 4 is 39.2 Å². The van der Waals surface area contributed by atoms with Crippen LogP contribution in [0.5, 0.6) is 0 Å². The average Bonchev–Trinajstić information content (AvgIpc) is 3.38. The van der Waals surface area contributed by atoms with Gasteiger partial charge in [-0.25, -0.2) is 17.9 Å². The second-order valence-electron chi connectivity index (χ2n) is 6.61. The van der Waals surface area contributed by atoms with Gasteiger partial charge in [0.2, 0.25) is 15.8 Å². The summed E-state index contributed by atoms with van der Waals surface area (Å²) < 4.78 is 37.7. The van der Waals surface area contributed by atoms with Crippen LogP contribution in [0.4, 0.5) is 0 Å². The van der Waals surface area contributed by atoms with Crippen LogP contribution < -0.4 is 4.72 Å². The highest BCUT2D eigenvalue weighted by Crippen LogP contribution is 2.31. The lowest BCUT2D eigenvalue weighted by molar-refractivity contribution is 0.0429. The molecule has 156 valence electrons. The standard InChI is InChI=1S/C19H15Cl2N3O5S/c20-14-9-15(21)16(30(26,27)24-12-6-7-12)8-13(14)19(25)28-10-17-22-18(23-29-17)11-4-2-1-3-5-11/h1-5,8-9,12,24H,6-7,10H2. The first kappa shape index (κ1) is 20.8. The van der Waals surface area contributed by atoms with Crippen LogP contribution in [0.3, 0.4) is 0 Å². The van der Waals surface area contributed by atoms with Crippen LogP contribution in [0.15, 0.2) is 51.9 Å². The van der Waals surface area contributed by atoms with Crippen molar-refractivity contribution in [1.29, 1.82) is 0 Å². The SMILES string of the molecule is O=C(OCc1nc(-c2ccccc2)no1)c1cc(S(=O)(=O)NC2CC2)c(Cl)cc1Cl. The molecule has 0 aliphatic heterocycles. The van der Waals surface area contributed by atoms with Gasteiger partial charge in [0, 0.05) is 11.6 Å². The molecule has 1 heterocycles. The highest BCUT2D eigenvalue weighted by molar-refractivity contribution is 7.89. The zero-order valence-corrected chi connectivity index (χ0v) is 17.7. The molecule has 1 aromatic heterocycles. The topological polar surface area (TPSA) is 111 Å². The lowest BCUT2D eigenvalue weighted by Gasteiger charge is -2.11. The summed E-state index contributed by atoms with van der Waals surface area (Å²) in [7, 11) is -3.88. The molecule has 3 aromatic rings. The maximum absolute atomic E-state index is 12.5. The zero-order chi connectivity index (χ0) is 21.3. The van der Waals surface area contributed by atoms with Crippen molar-refractivity contribution < 1.29 is 22.5 Å². The number of nitrogens with zero attached hydrogens (tertiary/aromatic N) is 2. The molecule has 8 nitrogen and oxygen atoms in total. The molecule has 0 radical (unpaired) electrons. The minimum Gasteiger partial charge on any atom is -0.452 e. The number of aromatic nitrogens is 2. The van der Waals surface area contributed by atoms with E-state index in [2.05, 4.69) is 14.9 Å². The summed E-state index contributed by atoms with van der Waals surface area (Å²) in [6, 6.07) is 11.3. The van der Waals surface area contributed by atoms with Crippen molar-refractivity contribution in [3.63, 3.8) is 0 Å². The lowest BCUT2D eigenvalue weighted by atomic mass is 10.2. The van der Waals surface area contributed by atoms with Gasteiger partial charge in [0.1, 0.15) is 4.90 Å². The molecule has 0 spiro atoms. The number of carbonyl (C=O) groups is 1. The van der Waals surface area contributed by atoms with E-state index in [1.807, 2.05) is 30.3 Å². The van der Waals surface area contributed by atoms with Gasteiger partial charge in [-0.15, -0.1) is 0 Å². The quantitative estimate of drug-likeness (QED) is 0.525. The summed E-state index contributed by atoms with van der Waals surface area (Å²) in [6.45, 7) is -0.306. The molecule has 1 saturated carbocycles. The molecule has 1 aliphatic rings. The number of nitrogens with one attached hydrogen (secondary N) is 1. The summed E-state index contributed by atoms with van der Waals surface area (Å²) >= 11 is 12.1. The molecule has 30 heavy (non-hydrogen) atoms. The zero-order valence-electron chi connectivity index (χ0n) is 15.3. The van der Waals surface area contributed by atoms with Gasteiger partial charge in [0.05, 0.1) is 15.6 Å². The Morgan fingerprint density at radius 1 is 1.17 bits per heavy atom. The summed E-state index contributed by atoms with van der Waals surface area (Å²) in [4.78, 5) is 16.4. The summed E-state index contributed by atoms with van der Waals surface area (Å²) in [5, 5.41) is 3.71. The number of rotatable bonds is 7. The van der Waals surface area contributed by atoms with Crippen LogP contribution in [0.2, 0.25) is 10.0 Å². The molecule has 1 N–H and O–H groups in total. The molecular weight excluding hydrogens is 453 g/mol. The van der Waals surface area contributed by atoms with Gasteiger partial charge in [-0.3, -0.25) is 0 Å². The third kappa shape index (κ3) is 4.65. The van der Waals surface area contributed by atoms with Crippen molar-refractivity contribution in [2.24, 2.45) is 0 Å². The fraction of sp³-hybridized carbons (Fsp3) is 0.211. The first-order valence-electron chi connectivity index (χ1n) is 8.90. The Balaban J connectivity index is 1.49. The smallest absolute Gasteiger partial charge is 0.340 e. The highest BCUT2D eigenvalue weighted by Gasteiger charge is 2.30. The third-order valence-corrected chi connectivity index (χ3v) is 6.55. The monoisotopic (exact) mass is 467 g/mol. The lowest BCUT2D eigenvalue weighted by Crippen LogP contribution is -2.26. The second-order valence-corrected chi connectivity index (χ2v) is 9.11. The molecular formula is C19H15Cl2N3O5S. The first-order valence-corrected chi connectivity index (χ1v) is 11.1. The van der Waals surface area contributed by atoms with Gasteiger partial charge in [-0.2, -0.15) is 4.98 Å². The van der Waals surface area contributed by atoms with Crippen LogP contribution in [0.1, 0.15) is 29.1 Å². The van der Waals surface area contributed by atoms with Gasteiger partial charge in [-0.05, 0) is 25.0 Å². The Morgan fingerprint density at radius 3 is 2.60 bits per heavy atom. The molecule has 0 amide bonds. The summed E-state index contributed by atoms with van der Waals surface area (Å²) in [5.74, 6) is -0.416. The fourth-order valence-electron chi connectivity index (χ4n) is 2.60. The van der Waals surface area contributed by atoms with Gasteiger partial charge in [0.25, 0.3) is 5.89 Å². The van der Waals surface area contributed by atoms with E-state index in [9.17, 15) is 13.2 Å². The molecule has 0 bridgehead atoms. The Bertz CT molecular complexity index is 1190. The van der Waals surface area contributed by atoms with E-state index in [1.165, 1.54) is 6.07 Å². The Hall–Kier alpha value is -2.46. The van der Waals surface area contributed by atoms with E-state index in [0.29, 0.717) is 5.82 Å². The van der Waals surface area contributed by atoms with Crippen molar-refractivity contribution in [3.8, 4) is 11.4 Å². The Labute approximate surface area is 182 Å². The van der Waals surface area contributed by atoms with Gasteiger partial charge in [0.15, 0.2) is 6.61 Å². The van der Waals surface area contributed by atoms with E-state index < -0.39 is 16.0 Å². The molecule has 1 fully saturated rings. The van der Waals surface area contributed by atoms with Gasteiger partial charge in [-0.1, -0.05) is 58.7 Å². The van der Waals surface area contributed by atoms with Crippen molar-refractivity contribution in [2.45, 2.75) is 30.4 Å². The third-order valence-electron chi connectivity index (χ3n) is 4.26. The predicted molar refractivity (Wildman–Crippen MR) is 109 cm³/mol. The molecule has 0 atom stereocenters. The van der Waals surface area contributed by atoms with E-state index >= 15 is 0 Å². The number of ether oxygens (including phenoxy) is 1. The maximum Gasteiger partial charge on any atom is 0.340 e. The average molecular weight is 468 g/mol. The second kappa shape index (κ2) is 8.35. The van der Waals surface area contributed by atoms with Crippen LogP contribution in [0, 0.1) is 0 Å². The number of benzene rings is 2. The van der Waals surface area contributed by atoms with E-state index in [-0.39, 0.29) is 39.0 Å².